The average Bonchev–Trinajstić information content (AvgIpc) is 2.86. The highest BCUT2D eigenvalue weighted by Gasteiger charge is 2.10. The summed E-state index contributed by atoms with van der Waals surface area (Å²) in [6, 6.07) is 20.4. The van der Waals surface area contributed by atoms with Gasteiger partial charge in [0, 0.05) is 18.3 Å². The molecule has 0 atom stereocenters. The maximum absolute atomic E-state index is 12.3. The van der Waals surface area contributed by atoms with Gasteiger partial charge < -0.3 is 16.4 Å². The molecule has 0 aliphatic carbocycles. The molecule has 4 N–H and O–H groups in total. The second-order valence-electron chi connectivity index (χ2n) is 7.36. The van der Waals surface area contributed by atoms with Gasteiger partial charge in [-0.05, 0) is 58.7 Å². The maximum Gasteiger partial charge on any atom is 0.234 e. The van der Waals surface area contributed by atoms with Crippen molar-refractivity contribution < 1.29 is 14.4 Å². The van der Waals surface area contributed by atoms with Crippen molar-refractivity contribution in [1.29, 1.82) is 0 Å². The molecule has 0 aliphatic rings. The molecule has 0 bridgehead atoms. The van der Waals surface area contributed by atoms with E-state index < -0.39 is 0 Å². The number of rotatable bonds is 10. The zero-order valence-electron chi connectivity index (χ0n) is 19.5. The van der Waals surface area contributed by atoms with Gasteiger partial charge >= 0.3 is 0 Å². The number of aryl methyl sites for hydroxylation is 1. The molecule has 0 radical (unpaired) electrons. The number of anilines is 2. The number of carbonyl (C=O) groups excluding carboxylic acids is 3. The monoisotopic (exact) mass is 477 g/mol. The van der Waals surface area contributed by atoms with Crippen molar-refractivity contribution in [2.45, 2.75) is 19.8 Å². The van der Waals surface area contributed by atoms with E-state index in [2.05, 4.69) is 46.7 Å². The number of benzene rings is 3. The van der Waals surface area contributed by atoms with Crippen LogP contribution in [-0.2, 0) is 20.8 Å². The van der Waals surface area contributed by atoms with Crippen LogP contribution in [0.5, 0.6) is 0 Å². The second-order valence-corrected chi connectivity index (χ2v) is 8.63. The molecule has 7 heteroatoms. The first-order chi connectivity index (χ1) is 16.6. The van der Waals surface area contributed by atoms with E-state index in [1.165, 1.54) is 16.3 Å². The number of nitrogens with one attached hydrogen (secondary N) is 2. The van der Waals surface area contributed by atoms with Crippen LogP contribution in [0.25, 0.3) is 16.8 Å². The molecule has 2 amide bonds. The van der Waals surface area contributed by atoms with Crippen LogP contribution in [0.4, 0.5) is 11.4 Å². The zero-order chi connectivity index (χ0) is 24.8. The molecule has 0 fully saturated rings. The summed E-state index contributed by atoms with van der Waals surface area (Å²) in [6.07, 6.45) is 4.43. The van der Waals surface area contributed by atoms with Gasteiger partial charge in [-0.2, -0.15) is 11.8 Å². The van der Waals surface area contributed by atoms with Crippen molar-refractivity contribution in [3.63, 3.8) is 0 Å². The summed E-state index contributed by atoms with van der Waals surface area (Å²) in [4.78, 5) is 32.7. The van der Waals surface area contributed by atoms with E-state index >= 15 is 0 Å². The van der Waals surface area contributed by atoms with Gasteiger partial charge in [0.1, 0.15) is 6.29 Å². The predicted molar refractivity (Wildman–Crippen MR) is 144 cm³/mol. The Labute approximate surface area is 205 Å². The number of carbonyl (C=O) groups is 3. The Bertz CT molecular complexity index is 1140. The first kappa shape index (κ1) is 26.7. The molecule has 0 aliphatic heterocycles. The summed E-state index contributed by atoms with van der Waals surface area (Å²) in [6.45, 7) is 2.03. The number of thioether (sulfide) groups is 1. The smallest absolute Gasteiger partial charge is 0.234 e. The molecule has 34 heavy (non-hydrogen) atoms. The number of amides is 2. The van der Waals surface area contributed by atoms with E-state index in [4.69, 9.17) is 4.79 Å². The lowest BCUT2D eigenvalue weighted by Gasteiger charge is -2.14. The highest BCUT2D eigenvalue weighted by atomic mass is 32.2. The van der Waals surface area contributed by atoms with Crippen molar-refractivity contribution in [2.75, 3.05) is 29.2 Å². The summed E-state index contributed by atoms with van der Waals surface area (Å²) in [5, 5.41) is 8.55. The fourth-order valence-electron chi connectivity index (χ4n) is 3.46. The van der Waals surface area contributed by atoms with Crippen molar-refractivity contribution in [1.82, 2.24) is 0 Å². The number of fused-ring (bicyclic) bond motifs is 1. The molecule has 0 heterocycles. The third-order valence-corrected chi connectivity index (χ3v) is 5.96. The highest BCUT2D eigenvalue weighted by Crippen LogP contribution is 2.28. The van der Waals surface area contributed by atoms with E-state index in [0.29, 0.717) is 23.4 Å². The minimum atomic E-state index is -0.0430. The lowest BCUT2D eigenvalue weighted by atomic mass is 9.99. The summed E-state index contributed by atoms with van der Waals surface area (Å²) in [5.74, 6) is 1.26. The molecular formula is C27H31N3O3S. The van der Waals surface area contributed by atoms with Crippen molar-refractivity contribution in [3.05, 3.63) is 77.4 Å². The number of allylic oxidation sites excluding steroid dienone is 1. The minimum absolute atomic E-state index is 0.0430. The van der Waals surface area contributed by atoms with E-state index in [1.54, 1.807) is 11.8 Å². The van der Waals surface area contributed by atoms with Crippen LogP contribution in [0, 0.1) is 0 Å². The molecular weight excluding hydrogens is 446 g/mol. The molecule has 0 saturated heterocycles. The van der Waals surface area contributed by atoms with Crippen molar-refractivity contribution in [3.8, 4) is 0 Å². The second kappa shape index (κ2) is 14.5. The van der Waals surface area contributed by atoms with Crippen LogP contribution in [0.2, 0.25) is 0 Å². The Morgan fingerprint density at radius 2 is 1.71 bits per heavy atom. The van der Waals surface area contributed by atoms with Gasteiger partial charge in [0.05, 0.1) is 11.4 Å². The summed E-state index contributed by atoms with van der Waals surface area (Å²) in [7, 11) is 1.83. The average molecular weight is 478 g/mol. The molecule has 3 aromatic rings. The van der Waals surface area contributed by atoms with Crippen molar-refractivity contribution >= 4 is 58.6 Å². The van der Waals surface area contributed by atoms with Crippen LogP contribution >= 0.6 is 11.8 Å². The topological polar surface area (TPSA) is 101 Å². The summed E-state index contributed by atoms with van der Waals surface area (Å²) in [5.41, 5.74) is 8.44. The Morgan fingerprint density at radius 3 is 2.38 bits per heavy atom. The molecule has 3 aromatic carbocycles. The van der Waals surface area contributed by atoms with Crippen LogP contribution in [0.1, 0.15) is 24.5 Å². The van der Waals surface area contributed by atoms with Crippen LogP contribution in [0.3, 0.4) is 0 Å². The van der Waals surface area contributed by atoms with Gasteiger partial charge in [-0.3, -0.25) is 14.4 Å². The maximum atomic E-state index is 12.3. The SMILES string of the molecule is CCSCC(=O)Nc1cccc(NC)c1/C=C(\C=O)CCc1ccc2ccccc2c1.NC=O. The van der Waals surface area contributed by atoms with Gasteiger partial charge in [-0.25, -0.2) is 0 Å². The van der Waals surface area contributed by atoms with Gasteiger partial charge in [0.15, 0.2) is 0 Å². The molecule has 178 valence electrons. The standard InChI is InChI=1S/C26H28N2O2S.CH3NO/c1-3-31-18-26(30)28-25-10-6-9-24(27-2)23(25)16-20(17-29)12-11-19-13-14-21-7-4-5-8-22(21)15-19;2-1-3/h4-10,13-17,27H,3,11-12,18H2,1-2H3,(H,28,30);1H,(H2,2,3)/b20-16-;. The summed E-state index contributed by atoms with van der Waals surface area (Å²) >= 11 is 1.58. The Morgan fingerprint density at radius 1 is 1.00 bits per heavy atom. The van der Waals surface area contributed by atoms with Crippen LogP contribution < -0.4 is 16.4 Å². The van der Waals surface area contributed by atoms with Gasteiger partial charge in [0.2, 0.25) is 12.3 Å². The number of nitrogens with two attached hydrogens (primary N) is 1. The number of hydrogen-bond acceptors (Lipinski definition) is 5. The normalized spacial score (nSPS) is 10.7. The number of primary amides is 1. The molecule has 0 unspecified atom stereocenters. The Hall–Kier alpha value is -3.58. The molecule has 0 aromatic heterocycles. The largest absolute Gasteiger partial charge is 0.388 e. The van der Waals surface area contributed by atoms with E-state index in [9.17, 15) is 9.59 Å². The van der Waals surface area contributed by atoms with Crippen LogP contribution in [0.15, 0.2) is 66.2 Å². The first-order valence-electron chi connectivity index (χ1n) is 11.0. The minimum Gasteiger partial charge on any atom is -0.388 e. The Kier molecular flexibility index (Phi) is 11.4. The van der Waals surface area contributed by atoms with E-state index in [0.717, 1.165) is 29.7 Å². The summed E-state index contributed by atoms with van der Waals surface area (Å²) < 4.78 is 0. The third-order valence-electron chi connectivity index (χ3n) is 5.08. The van der Waals surface area contributed by atoms with Crippen molar-refractivity contribution in [2.24, 2.45) is 5.73 Å². The first-order valence-corrected chi connectivity index (χ1v) is 12.2. The van der Waals surface area contributed by atoms with Gasteiger partial charge in [-0.1, -0.05) is 55.5 Å². The lowest BCUT2D eigenvalue weighted by molar-refractivity contribution is -0.114. The fraction of sp³-hybridized carbons (Fsp3) is 0.222. The quantitative estimate of drug-likeness (QED) is 0.285. The molecule has 0 saturated carbocycles. The third kappa shape index (κ3) is 8.08. The molecule has 6 nitrogen and oxygen atoms in total. The lowest BCUT2D eigenvalue weighted by Crippen LogP contribution is -2.15. The van der Waals surface area contributed by atoms with Gasteiger partial charge in [-0.15, -0.1) is 0 Å². The molecule has 3 rings (SSSR count). The highest BCUT2D eigenvalue weighted by molar-refractivity contribution is 7.99. The van der Waals surface area contributed by atoms with E-state index in [-0.39, 0.29) is 12.3 Å². The van der Waals surface area contributed by atoms with E-state index in [1.807, 2.05) is 50.4 Å². The van der Waals surface area contributed by atoms with Crippen LogP contribution in [-0.4, -0.2) is 37.2 Å². The number of hydrogen-bond donors (Lipinski definition) is 3. The number of aldehydes is 1. The zero-order valence-corrected chi connectivity index (χ0v) is 20.4. The molecule has 0 spiro atoms. The predicted octanol–water partition coefficient (Wildman–Crippen LogP) is 4.89. The van der Waals surface area contributed by atoms with Gasteiger partial charge in [0.25, 0.3) is 0 Å². The Balaban J connectivity index is 0.00000129. The fourth-order valence-corrected chi connectivity index (χ4v) is 3.92.